The fourth-order valence-electron chi connectivity index (χ4n) is 1.69. The summed E-state index contributed by atoms with van der Waals surface area (Å²) in [5.74, 6) is 0. The van der Waals surface area contributed by atoms with Crippen LogP contribution >= 0.6 is 58.6 Å². The fraction of sp³-hybridized carbons (Fsp3) is 0.0625. The van der Waals surface area contributed by atoms with Gasteiger partial charge < -0.3 is 0 Å². The van der Waals surface area contributed by atoms with Gasteiger partial charge in [-0.25, -0.2) is 0 Å². The van der Waals surface area contributed by atoms with Gasteiger partial charge in [-0.15, -0.1) is 0 Å². The van der Waals surface area contributed by atoms with E-state index in [9.17, 15) is 0 Å². The van der Waals surface area contributed by atoms with E-state index in [-0.39, 0.29) is 10.0 Å². The molecule has 0 bridgehead atoms. The van der Waals surface area contributed by atoms with Crippen LogP contribution in [0.2, 0.25) is 20.1 Å². The third kappa shape index (κ3) is 4.00. The number of thiocarbonyl (C=S) groups is 1. The van der Waals surface area contributed by atoms with E-state index in [1.54, 1.807) is 18.2 Å². The first-order valence-electron chi connectivity index (χ1n) is 6.02. The molecule has 0 aliphatic carbocycles. The maximum Gasteiger partial charge on any atom is 0.0799 e. The first-order valence-corrected chi connectivity index (χ1v) is 7.94. The van der Waals surface area contributed by atoms with Crippen LogP contribution in [0, 0.1) is 6.92 Å². The van der Waals surface area contributed by atoms with Crippen molar-refractivity contribution in [2.75, 3.05) is 0 Å². The first kappa shape index (κ1) is 16.8. The highest BCUT2D eigenvalue weighted by Crippen LogP contribution is 2.38. The Balaban J connectivity index is 2.29. The Morgan fingerprint density at radius 3 is 2.19 bits per heavy atom. The van der Waals surface area contributed by atoms with Crippen LogP contribution in [0.4, 0.5) is 0 Å². The number of hydrogen-bond donors (Lipinski definition) is 0. The largest absolute Gasteiger partial charge is 0.0826 e. The number of hydrogen-bond acceptors (Lipinski definition) is 1. The predicted molar refractivity (Wildman–Crippen MR) is 98.4 cm³/mol. The summed E-state index contributed by atoms with van der Waals surface area (Å²) in [6.07, 6.45) is 3.57. The van der Waals surface area contributed by atoms with E-state index in [1.165, 1.54) is 5.56 Å². The number of rotatable bonds is 3. The summed E-state index contributed by atoms with van der Waals surface area (Å²) in [5.41, 5.74) is 2.82. The topological polar surface area (TPSA) is 0 Å². The van der Waals surface area contributed by atoms with Crippen LogP contribution in [-0.4, -0.2) is 4.86 Å². The highest BCUT2D eigenvalue weighted by molar-refractivity contribution is 7.81. The molecule has 2 rings (SSSR count). The summed E-state index contributed by atoms with van der Waals surface area (Å²) in [6.45, 7) is 2.03. The lowest BCUT2D eigenvalue weighted by molar-refractivity contribution is 1.47. The predicted octanol–water partition coefficient (Wildman–Crippen LogP) is 7.04. The van der Waals surface area contributed by atoms with Crippen LogP contribution in [-0.2, 0) is 0 Å². The van der Waals surface area contributed by atoms with Gasteiger partial charge in [-0.3, -0.25) is 0 Å². The molecule has 0 N–H and O–H groups in total. The third-order valence-electron chi connectivity index (χ3n) is 2.88. The van der Waals surface area contributed by atoms with Crippen LogP contribution in [0.5, 0.6) is 0 Å². The number of allylic oxidation sites excluding steroid dienone is 1. The first-order chi connectivity index (χ1) is 9.90. The van der Waals surface area contributed by atoms with Crippen molar-refractivity contribution in [1.29, 1.82) is 0 Å². The second-order valence-electron chi connectivity index (χ2n) is 4.45. The smallest absolute Gasteiger partial charge is 0.0799 e. The summed E-state index contributed by atoms with van der Waals surface area (Å²) in [6, 6.07) is 9.64. The van der Waals surface area contributed by atoms with Gasteiger partial charge in [-0.2, -0.15) is 0 Å². The van der Waals surface area contributed by atoms with Crippen molar-refractivity contribution in [3.63, 3.8) is 0 Å². The fourth-order valence-corrected chi connectivity index (χ4v) is 2.78. The second kappa shape index (κ2) is 7.13. The van der Waals surface area contributed by atoms with Crippen LogP contribution in [0.1, 0.15) is 16.7 Å². The molecule has 0 saturated heterocycles. The van der Waals surface area contributed by atoms with Gasteiger partial charge in [0.05, 0.1) is 20.1 Å². The van der Waals surface area contributed by atoms with E-state index >= 15 is 0 Å². The van der Waals surface area contributed by atoms with Crippen molar-refractivity contribution in [3.8, 4) is 0 Å². The van der Waals surface area contributed by atoms with E-state index < -0.39 is 0 Å². The van der Waals surface area contributed by atoms with Crippen LogP contribution in [0.25, 0.3) is 6.08 Å². The Hall–Kier alpha value is -0.570. The maximum absolute atomic E-state index is 6.15. The Bertz CT molecular complexity index is 718. The molecule has 0 nitrogen and oxygen atoms in total. The summed E-state index contributed by atoms with van der Waals surface area (Å²) < 4.78 is 0. The molecular weight excluding hydrogens is 366 g/mol. The van der Waals surface area contributed by atoms with E-state index in [0.29, 0.717) is 20.5 Å². The molecule has 108 valence electrons. The van der Waals surface area contributed by atoms with E-state index in [2.05, 4.69) is 0 Å². The van der Waals surface area contributed by atoms with Crippen molar-refractivity contribution in [1.82, 2.24) is 0 Å². The number of aryl methyl sites for hydroxylation is 1. The Morgan fingerprint density at radius 1 is 0.952 bits per heavy atom. The molecule has 5 heteroatoms. The standard InChI is InChI=1S/C16H10Cl4S/c1-9-2-4-10(5-3-9)13(21)7-6-11-8-12(17)15(19)16(20)14(11)18/h2-8H,1H3. The van der Waals surface area contributed by atoms with Gasteiger partial charge in [0, 0.05) is 4.86 Å². The van der Waals surface area contributed by atoms with Crippen molar-refractivity contribution in [2.24, 2.45) is 0 Å². The molecule has 0 saturated carbocycles. The van der Waals surface area contributed by atoms with Crippen LogP contribution in [0.3, 0.4) is 0 Å². The number of halogens is 4. The lowest BCUT2D eigenvalue weighted by atomic mass is 10.1. The normalized spacial score (nSPS) is 11.1. The summed E-state index contributed by atoms with van der Waals surface area (Å²) in [4.78, 5) is 0.702. The molecule has 0 spiro atoms. The second-order valence-corrected chi connectivity index (χ2v) is 6.43. The minimum Gasteiger partial charge on any atom is -0.0826 e. The van der Waals surface area contributed by atoms with Crippen LogP contribution < -0.4 is 0 Å². The summed E-state index contributed by atoms with van der Waals surface area (Å²) in [5, 5.41) is 1.20. The van der Waals surface area contributed by atoms with Gasteiger partial charge >= 0.3 is 0 Å². The van der Waals surface area contributed by atoms with Gasteiger partial charge in [0.1, 0.15) is 0 Å². The van der Waals surface area contributed by atoms with Crippen molar-refractivity contribution >= 4 is 69.6 Å². The van der Waals surface area contributed by atoms with Gasteiger partial charge in [-0.1, -0.05) is 94.5 Å². The minimum atomic E-state index is 0.242. The lowest BCUT2D eigenvalue weighted by Gasteiger charge is -2.06. The van der Waals surface area contributed by atoms with E-state index in [0.717, 1.165) is 5.56 Å². The molecule has 0 aliphatic heterocycles. The Kier molecular flexibility index (Phi) is 5.70. The highest BCUT2D eigenvalue weighted by Gasteiger charge is 2.11. The average molecular weight is 376 g/mol. The lowest BCUT2D eigenvalue weighted by Crippen LogP contribution is -1.92. The maximum atomic E-state index is 6.15. The molecule has 0 atom stereocenters. The zero-order valence-electron chi connectivity index (χ0n) is 11.0. The molecule has 0 aliphatic rings. The molecule has 0 amide bonds. The molecule has 0 radical (unpaired) electrons. The molecule has 0 unspecified atom stereocenters. The van der Waals surface area contributed by atoms with Crippen LogP contribution in [0.15, 0.2) is 36.4 Å². The zero-order chi connectivity index (χ0) is 15.6. The highest BCUT2D eigenvalue weighted by atomic mass is 35.5. The van der Waals surface area contributed by atoms with Crippen molar-refractivity contribution < 1.29 is 0 Å². The monoisotopic (exact) mass is 374 g/mol. The van der Waals surface area contributed by atoms with Crippen molar-refractivity contribution in [2.45, 2.75) is 6.92 Å². The zero-order valence-corrected chi connectivity index (χ0v) is 14.8. The molecular formula is C16H10Cl4S. The molecule has 2 aromatic rings. The molecule has 2 aromatic carbocycles. The minimum absolute atomic E-state index is 0.242. The molecule has 0 fully saturated rings. The molecule has 0 aromatic heterocycles. The third-order valence-corrected chi connectivity index (χ3v) is 5.02. The molecule has 0 heterocycles. The SMILES string of the molecule is Cc1ccc(C(=S)C=Cc2cc(Cl)c(Cl)c(Cl)c2Cl)cc1. The van der Waals surface area contributed by atoms with Gasteiger partial charge in [0.15, 0.2) is 0 Å². The molecule has 21 heavy (non-hydrogen) atoms. The summed E-state index contributed by atoms with van der Waals surface area (Å²) >= 11 is 29.5. The quantitative estimate of drug-likeness (QED) is 0.182. The van der Waals surface area contributed by atoms with Gasteiger partial charge in [0.2, 0.25) is 0 Å². The van der Waals surface area contributed by atoms with Gasteiger partial charge in [0.25, 0.3) is 0 Å². The van der Waals surface area contributed by atoms with Gasteiger partial charge in [-0.05, 0) is 30.2 Å². The number of benzene rings is 2. The Labute approximate surface area is 149 Å². The summed E-state index contributed by atoms with van der Waals surface area (Å²) in [7, 11) is 0. The van der Waals surface area contributed by atoms with Crippen molar-refractivity contribution in [3.05, 3.63) is 73.2 Å². The van der Waals surface area contributed by atoms with E-state index in [4.69, 9.17) is 58.6 Å². The van der Waals surface area contributed by atoms with E-state index in [1.807, 2.05) is 31.2 Å². The average Bonchev–Trinajstić information content (AvgIpc) is 2.48. The Morgan fingerprint density at radius 2 is 1.57 bits per heavy atom.